The number of anilines is 1. The van der Waals surface area contributed by atoms with Crippen LogP contribution in [0.15, 0.2) is 11.4 Å². The van der Waals surface area contributed by atoms with Crippen LogP contribution in [0.2, 0.25) is 0 Å². The highest BCUT2D eigenvalue weighted by atomic mass is 32.1. The molecule has 2 N–H and O–H groups in total. The van der Waals surface area contributed by atoms with Crippen LogP contribution in [0.4, 0.5) is 10.5 Å². The number of carbonyl (C=O) groups excluding carboxylic acids is 2. The molecule has 2 rings (SSSR count). The Kier molecular flexibility index (Phi) is 6.23. The Balaban J connectivity index is 1.78. The molecule has 24 heavy (non-hydrogen) atoms. The van der Waals surface area contributed by atoms with Crippen molar-refractivity contribution >= 4 is 29.0 Å². The van der Waals surface area contributed by atoms with E-state index in [1.807, 2.05) is 37.1 Å². The molecular formula is C17H27N3O3S. The van der Waals surface area contributed by atoms with Gasteiger partial charge in [-0.2, -0.15) is 0 Å². The van der Waals surface area contributed by atoms with Crippen LogP contribution in [0.5, 0.6) is 0 Å². The molecule has 6 nitrogen and oxygen atoms in total. The molecule has 0 aliphatic heterocycles. The normalized spacial score (nSPS) is 14.3. The van der Waals surface area contributed by atoms with Crippen LogP contribution in [-0.2, 0) is 16.1 Å². The number of hydrogen-bond donors (Lipinski definition) is 2. The number of rotatable bonds is 7. The molecule has 0 unspecified atom stereocenters. The summed E-state index contributed by atoms with van der Waals surface area (Å²) in [7, 11) is 0. The number of nitrogens with zero attached hydrogens (tertiary/aromatic N) is 1. The van der Waals surface area contributed by atoms with Gasteiger partial charge in [-0.1, -0.05) is 0 Å². The first-order valence-corrected chi connectivity index (χ1v) is 9.18. The standard InChI is InChI=1S/C17H27N3O3S/c1-12(21)19-14-7-10-24-15(14)11-18-8-9-20(13-5-6-13)16(22)23-17(2,3)4/h7,10,13,18H,5-6,8-9,11H2,1-4H3,(H,19,21). The predicted octanol–water partition coefficient (Wildman–Crippen LogP) is 3.20. The average Bonchev–Trinajstić information content (AvgIpc) is 3.18. The van der Waals surface area contributed by atoms with Crippen LogP contribution in [0.3, 0.4) is 0 Å². The zero-order chi connectivity index (χ0) is 17.7. The lowest BCUT2D eigenvalue weighted by molar-refractivity contribution is -0.114. The largest absolute Gasteiger partial charge is 0.444 e. The summed E-state index contributed by atoms with van der Waals surface area (Å²) in [6.45, 7) is 9.13. The molecule has 0 saturated heterocycles. The number of thiophene rings is 1. The van der Waals surface area contributed by atoms with Crippen LogP contribution in [0, 0.1) is 0 Å². The van der Waals surface area contributed by atoms with Crippen LogP contribution >= 0.6 is 11.3 Å². The molecule has 0 atom stereocenters. The minimum Gasteiger partial charge on any atom is -0.444 e. The Morgan fingerprint density at radius 2 is 2.08 bits per heavy atom. The van der Waals surface area contributed by atoms with Gasteiger partial charge < -0.3 is 20.3 Å². The summed E-state index contributed by atoms with van der Waals surface area (Å²) in [5.74, 6) is -0.0699. The lowest BCUT2D eigenvalue weighted by atomic mass is 10.2. The van der Waals surface area contributed by atoms with Crippen molar-refractivity contribution in [3.05, 3.63) is 16.3 Å². The van der Waals surface area contributed by atoms with Gasteiger partial charge in [0.15, 0.2) is 0 Å². The Morgan fingerprint density at radius 3 is 2.67 bits per heavy atom. The molecule has 1 fully saturated rings. The third-order valence-electron chi connectivity index (χ3n) is 3.49. The highest BCUT2D eigenvalue weighted by Gasteiger charge is 2.34. The summed E-state index contributed by atoms with van der Waals surface area (Å²) in [6.07, 6.45) is 1.87. The van der Waals surface area contributed by atoms with E-state index in [1.54, 1.807) is 11.3 Å². The zero-order valence-electron chi connectivity index (χ0n) is 14.8. The first-order chi connectivity index (χ1) is 11.3. The maximum absolute atomic E-state index is 12.3. The molecule has 0 radical (unpaired) electrons. The molecule has 2 amide bonds. The van der Waals surface area contributed by atoms with E-state index in [0.29, 0.717) is 25.7 Å². The van der Waals surface area contributed by atoms with Crippen molar-refractivity contribution in [3.8, 4) is 0 Å². The van der Waals surface area contributed by atoms with E-state index >= 15 is 0 Å². The number of hydrogen-bond acceptors (Lipinski definition) is 5. The summed E-state index contributed by atoms with van der Waals surface area (Å²) in [6, 6.07) is 2.22. The van der Waals surface area contributed by atoms with Crippen LogP contribution in [-0.4, -0.2) is 41.6 Å². The Hall–Kier alpha value is -1.60. The molecule has 134 valence electrons. The second kappa shape index (κ2) is 7.98. The van der Waals surface area contributed by atoms with Crippen LogP contribution < -0.4 is 10.6 Å². The summed E-state index contributed by atoms with van der Waals surface area (Å²) in [4.78, 5) is 26.3. The highest BCUT2D eigenvalue weighted by Crippen LogP contribution is 2.28. The molecule has 1 aliphatic rings. The van der Waals surface area contributed by atoms with Crippen LogP contribution in [0.1, 0.15) is 45.4 Å². The second-order valence-corrected chi connectivity index (χ2v) is 8.02. The van der Waals surface area contributed by atoms with Gasteiger partial charge in [0.2, 0.25) is 5.91 Å². The molecule has 1 heterocycles. The molecule has 7 heteroatoms. The third kappa shape index (κ3) is 6.13. The van der Waals surface area contributed by atoms with Crippen molar-refractivity contribution in [1.29, 1.82) is 0 Å². The zero-order valence-corrected chi connectivity index (χ0v) is 15.7. The van der Waals surface area contributed by atoms with Gasteiger partial charge >= 0.3 is 6.09 Å². The predicted molar refractivity (Wildman–Crippen MR) is 96.3 cm³/mol. The molecular weight excluding hydrogens is 326 g/mol. The van der Waals surface area contributed by atoms with Gasteiger partial charge in [0.05, 0.1) is 5.69 Å². The van der Waals surface area contributed by atoms with Crippen LogP contribution in [0.25, 0.3) is 0 Å². The number of ether oxygens (including phenoxy) is 1. The number of carbonyl (C=O) groups is 2. The quantitative estimate of drug-likeness (QED) is 0.739. The monoisotopic (exact) mass is 353 g/mol. The minimum atomic E-state index is -0.470. The van der Waals surface area contributed by atoms with Gasteiger partial charge in [-0.15, -0.1) is 11.3 Å². The van der Waals surface area contributed by atoms with Gasteiger partial charge in [-0.05, 0) is 45.1 Å². The Morgan fingerprint density at radius 1 is 1.38 bits per heavy atom. The lowest BCUT2D eigenvalue weighted by Crippen LogP contribution is -2.41. The van der Waals surface area contributed by atoms with Crippen molar-refractivity contribution in [2.75, 3.05) is 18.4 Å². The van der Waals surface area contributed by atoms with Gasteiger partial charge in [0.1, 0.15) is 5.60 Å². The summed E-state index contributed by atoms with van der Waals surface area (Å²) < 4.78 is 5.48. The topological polar surface area (TPSA) is 70.7 Å². The van der Waals surface area contributed by atoms with Gasteiger partial charge in [-0.3, -0.25) is 4.79 Å². The van der Waals surface area contributed by atoms with E-state index in [0.717, 1.165) is 23.4 Å². The van der Waals surface area contributed by atoms with E-state index < -0.39 is 5.60 Å². The van der Waals surface area contributed by atoms with Crippen molar-refractivity contribution in [2.24, 2.45) is 0 Å². The van der Waals surface area contributed by atoms with E-state index in [-0.39, 0.29) is 12.0 Å². The molecule has 0 aromatic carbocycles. The third-order valence-corrected chi connectivity index (χ3v) is 4.41. The molecule has 0 bridgehead atoms. The molecule has 1 saturated carbocycles. The second-order valence-electron chi connectivity index (χ2n) is 7.02. The first-order valence-electron chi connectivity index (χ1n) is 8.30. The van der Waals surface area contributed by atoms with E-state index in [4.69, 9.17) is 4.74 Å². The molecule has 1 aromatic rings. The first kappa shape index (κ1) is 18.7. The summed E-state index contributed by atoms with van der Waals surface area (Å²) in [5, 5.41) is 8.12. The van der Waals surface area contributed by atoms with Crippen molar-refractivity contribution in [1.82, 2.24) is 10.2 Å². The Bertz CT molecular complexity index is 576. The lowest BCUT2D eigenvalue weighted by Gasteiger charge is -2.27. The van der Waals surface area contributed by atoms with Gasteiger partial charge in [0, 0.05) is 37.5 Å². The smallest absolute Gasteiger partial charge is 0.410 e. The molecule has 0 spiro atoms. The number of amides is 2. The van der Waals surface area contributed by atoms with E-state index in [2.05, 4.69) is 10.6 Å². The minimum absolute atomic E-state index is 0.0699. The van der Waals surface area contributed by atoms with Crippen molar-refractivity contribution in [2.45, 2.75) is 58.7 Å². The number of nitrogens with one attached hydrogen (secondary N) is 2. The van der Waals surface area contributed by atoms with E-state index in [1.165, 1.54) is 6.92 Å². The van der Waals surface area contributed by atoms with Crippen molar-refractivity contribution < 1.29 is 14.3 Å². The van der Waals surface area contributed by atoms with Gasteiger partial charge in [0.25, 0.3) is 0 Å². The Labute approximate surface area is 147 Å². The average molecular weight is 353 g/mol. The maximum atomic E-state index is 12.3. The van der Waals surface area contributed by atoms with E-state index in [9.17, 15) is 9.59 Å². The SMILES string of the molecule is CC(=O)Nc1ccsc1CNCCN(C(=O)OC(C)(C)C)C1CC1. The summed E-state index contributed by atoms with van der Waals surface area (Å²) >= 11 is 1.60. The molecule has 1 aromatic heterocycles. The van der Waals surface area contributed by atoms with Gasteiger partial charge in [-0.25, -0.2) is 4.79 Å². The fourth-order valence-corrected chi connectivity index (χ4v) is 3.11. The fourth-order valence-electron chi connectivity index (χ4n) is 2.31. The summed E-state index contributed by atoms with van der Waals surface area (Å²) in [5.41, 5.74) is 0.383. The molecule has 1 aliphatic carbocycles. The maximum Gasteiger partial charge on any atom is 0.410 e. The highest BCUT2D eigenvalue weighted by molar-refractivity contribution is 7.10. The van der Waals surface area contributed by atoms with Crippen molar-refractivity contribution in [3.63, 3.8) is 0 Å². The fraction of sp³-hybridized carbons (Fsp3) is 0.647.